The summed E-state index contributed by atoms with van der Waals surface area (Å²) < 4.78 is 0. The normalized spacial score (nSPS) is 19.1. The van der Waals surface area contributed by atoms with Crippen molar-refractivity contribution in [3.63, 3.8) is 0 Å². The van der Waals surface area contributed by atoms with Gasteiger partial charge in [-0.05, 0) is 12.8 Å². The lowest BCUT2D eigenvalue weighted by atomic mass is 10.2. The standard InChI is InChI=1S/C10H12N4O3/c15-9(16)8-2-1-3-14(8)10(17)13-7-4-11-6-12-5-7/h4-6,8H,1-3H2,(H,13,17)(H,15,16)/t8-/m1/s1. The molecule has 2 rings (SSSR count). The molecule has 0 saturated carbocycles. The third kappa shape index (κ3) is 2.49. The van der Waals surface area contributed by atoms with Crippen LogP contribution in [-0.2, 0) is 4.79 Å². The summed E-state index contributed by atoms with van der Waals surface area (Å²) in [5.74, 6) is -0.970. The molecule has 1 aromatic heterocycles. The number of carboxylic acid groups (broad SMARTS) is 1. The zero-order valence-corrected chi connectivity index (χ0v) is 9.04. The summed E-state index contributed by atoms with van der Waals surface area (Å²) in [7, 11) is 0. The van der Waals surface area contributed by atoms with E-state index in [0.29, 0.717) is 25.1 Å². The summed E-state index contributed by atoms with van der Waals surface area (Å²) in [4.78, 5) is 31.6. The molecule has 17 heavy (non-hydrogen) atoms. The van der Waals surface area contributed by atoms with Crippen LogP contribution in [0.3, 0.4) is 0 Å². The Labute approximate surface area is 97.5 Å². The summed E-state index contributed by atoms with van der Waals surface area (Å²) in [6, 6.07) is -1.16. The van der Waals surface area contributed by atoms with Crippen molar-refractivity contribution in [3.05, 3.63) is 18.7 Å². The van der Waals surface area contributed by atoms with Crippen molar-refractivity contribution in [2.24, 2.45) is 0 Å². The lowest BCUT2D eigenvalue weighted by molar-refractivity contribution is -0.141. The van der Waals surface area contributed by atoms with Gasteiger partial charge in [0.05, 0.1) is 18.1 Å². The minimum Gasteiger partial charge on any atom is -0.480 e. The summed E-state index contributed by atoms with van der Waals surface area (Å²) in [6.45, 7) is 0.455. The number of urea groups is 1. The third-order valence-corrected chi connectivity index (χ3v) is 2.61. The third-order valence-electron chi connectivity index (χ3n) is 2.61. The van der Waals surface area contributed by atoms with Crippen LogP contribution >= 0.6 is 0 Å². The van der Waals surface area contributed by atoms with Gasteiger partial charge in [0.1, 0.15) is 12.4 Å². The molecule has 2 amide bonds. The Balaban J connectivity index is 2.03. The van der Waals surface area contributed by atoms with E-state index in [0.717, 1.165) is 0 Å². The van der Waals surface area contributed by atoms with Crippen molar-refractivity contribution < 1.29 is 14.7 Å². The summed E-state index contributed by atoms with van der Waals surface area (Å²) in [5, 5.41) is 11.5. The first-order valence-corrected chi connectivity index (χ1v) is 5.24. The second-order valence-electron chi connectivity index (χ2n) is 3.75. The Morgan fingerprint density at radius 2 is 2.12 bits per heavy atom. The van der Waals surface area contributed by atoms with Crippen LogP contribution in [0.4, 0.5) is 10.5 Å². The van der Waals surface area contributed by atoms with Crippen molar-refractivity contribution in [3.8, 4) is 0 Å². The number of carbonyl (C=O) groups is 2. The molecule has 0 aromatic carbocycles. The molecular formula is C10H12N4O3. The Kier molecular flexibility index (Phi) is 3.17. The van der Waals surface area contributed by atoms with Crippen LogP contribution in [0.25, 0.3) is 0 Å². The number of rotatable bonds is 2. The second-order valence-corrected chi connectivity index (χ2v) is 3.75. The molecule has 1 atom stereocenters. The van der Waals surface area contributed by atoms with Crippen molar-refractivity contribution >= 4 is 17.7 Å². The van der Waals surface area contributed by atoms with Gasteiger partial charge in [-0.1, -0.05) is 0 Å². The van der Waals surface area contributed by atoms with E-state index in [1.54, 1.807) is 0 Å². The van der Waals surface area contributed by atoms with Crippen molar-refractivity contribution in [2.45, 2.75) is 18.9 Å². The molecule has 1 fully saturated rings. The van der Waals surface area contributed by atoms with Gasteiger partial charge in [0.15, 0.2) is 0 Å². The topological polar surface area (TPSA) is 95.4 Å². The van der Waals surface area contributed by atoms with E-state index in [4.69, 9.17) is 5.11 Å². The van der Waals surface area contributed by atoms with Gasteiger partial charge in [-0.3, -0.25) is 0 Å². The smallest absolute Gasteiger partial charge is 0.326 e. The van der Waals surface area contributed by atoms with E-state index >= 15 is 0 Å². The molecule has 0 bridgehead atoms. The van der Waals surface area contributed by atoms with Crippen molar-refractivity contribution in [1.82, 2.24) is 14.9 Å². The van der Waals surface area contributed by atoms with Gasteiger partial charge in [-0.25, -0.2) is 19.6 Å². The van der Waals surface area contributed by atoms with Crippen LogP contribution in [0.2, 0.25) is 0 Å². The minimum absolute atomic E-state index is 0.426. The van der Waals surface area contributed by atoms with Crippen LogP contribution in [0.15, 0.2) is 18.7 Å². The van der Waals surface area contributed by atoms with E-state index < -0.39 is 18.0 Å². The van der Waals surface area contributed by atoms with E-state index in [1.807, 2.05) is 0 Å². The number of nitrogens with one attached hydrogen (secondary N) is 1. The number of carboxylic acids is 1. The molecule has 0 aliphatic carbocycles. The Morgan fingerprint density at radius 1 is 1.41 bits per heavy atom. The first kappa shape index (κ1) is 11.3. The minimum atomic E-state index is -0.970. The number of carbonyl (C=O) groups excluding carboxylic acids is 1. The predicted octanol–water partition coefficient (Wildman–Crippen LogP) is 0.557. The van der Waals surface area contributed by atoms with Gasteiger partial charge >= 0.3 is 12.0 Å². The Hall–Kier alpha value is -2.18. The highest BCUT2D eigenvalue weighted by atomic mass is 16.4. The highest BCUT2D eigenvalue weighted by Gasteiger charge is 2.33. The van der Waals surface area contributed by atoms with E-state index in [1.165, 1.54) is 23.6 Å². The second kappa shape index (κ2) is 4.77. The van der Waals surface area contributed by atoms with Gasteiger partial charge in [0.25, 0.3) is 0 Å². The fourth-order valence-corrected chi connectivity index (χ4v) is 1.83. The first-order chi connectivity index (χ1) is 8.18. The molecule has 0 spiro atoms. The molecular weight excluding hydrogens is 224 g/mol. The number of hydrogen-bond donors (Lipinski definition) is 2. The lowest BCUT2D eigenvalue weighted by Gasteiger charge is -2.21. The summed E-state index contributed by atoms with van der Waals surface area (Å²) in [5.41, 5.74) is 0.452. The maximum absolute atomic E-state index is 11.8. The van der Waals surface area contributed by atoms with Gasteiger partial charge in [0, 0.05) is 6.54 Å². The number of nitrogens with zero attached hydrogens (tertiary/aromatic N) is 3. The van der Waals surface area contributed by atoms with Crippen LogP contribution in [-0.4, -0.2) is 44.6 Å². The number of hydrogen-bond acceptors (Lipinski definition) is 4. The zero-order chi connectivity index (χ0) is 12.3. The molecule has 1 aliphatic rings. The Bertz CT molecular complexity index is 423. The van der Waals surface area contributed by atoms with Crippen LogP contribution in [0.1, 0.15) is 12.8 Å². The van der Waals surface area contributed by atoms with E-state index in [-0.39, 0.29) is 0 Å². The van der Waals surface area contributed by atoms with Crippen LogP contribution in [0.5, 0.6) is 0 Å². The van der Waals surface area contributed by atoms with Crippen LogP contribution < -0.4 is 5.32 Å². The summed E-state index contributed by atoms with van der Waals surface area (Å²) >= 11 is 0. The summed E-state index contributed by atoms with van der Waals surface area (Å²) in [6.07, 6.45) is 5.46. The van der Waals surface area contributed by atoms with Gasteiger partial charge < -0.3 is 15.3 Å². The number of anilines is 1. The van der Waals surface area contributed by atoms with Gasteiger partial charge in [-0.15, -0.1) is 0 Å². The molecule has 1 aliphatic heterocycles. The molecule has 90 valence electrons. The van der Waals surface area contributed by atoms with E-state index in [9.17, 15) is 9.59 Å². The molecule has 7 nitrogen and oxygen atoms in total. The quantitative estimate of drug-likeness (QED) is 0.782. The number of aliphatic carboxylic acids is 1. The lowest BCUT2D eigenvalue weighted by Crippen LogP contribution is -2.42. The van der Waals surface area contributed by atoms with Gasteiger partial charge in [-0.2, -0.15) is 0 Å². The average molecular weight is 236 g/mol. The maximum atomic E-state index is 11.8. The highest BCUT2D eigenvalue weighted by Crippen LogP contribution is 2.18. The van der Waals surface area contributed by atoms with Crippen LogP contribution in [0, 0.1) is 0 Å². The molecule has 0 radical (unpaired) electrons. The van der Waals surface area contributed by atoms with Crippen molar-refractivity contribution in [2.75, 3.05) is 11.9 Å². The molecule has 1 saturated heterocycles. The monoisotopic (exact) mass is 236 g/mol. The first-order valence-electron chi connectivity index (χ1n) is 5.24. The number of likely N-dealkylation sites (tertiary alicyclic amines) is 1. The SMILES string of the molecule is O=C(O)[C@H]1CCCN1C(=O)Nc1cncnc1. The fourth-order valence-electron chi connectivity index (χ4n) is 1.83. The number of aromatic nitrogens is 2. The molecule has 0 unspecified atom stereocenters. The Morgan fingerprint density at radius 3 is 2.76 bits per heavy atom. The highest BCUT2D eigenvalue weighted by molar-refractivity contribution is 5.92. The largest absolute Gasteiger partial charge is 0.480 e. The molecule has 2 heterocycles. The molecule has 7 heteroatoms. The maximum Gasteiger partial charge on any atom is 0.326 e. The average Bonchev–Trinajstić information content (AvgIpc) is 2.79. The van der Waals surface area contributed by atoms with Gasteiger partial charge in [0.2, 0.25) is 0 Å². The molecule has 2 N–H and O–H groups in total. The fraction of sp³-hybridized carbons (Fsp3) is 0.400. The molecule has 1 aromatic rings. The van der Waals surface area contributed by atoms with Crippen molar-refractivity contribution in [1.29, 1.82) is 0 Å². The zero-order valence-electron chi connectivity index (χ0n) is 9.04. The van der Waals surface area contributed by atoms with E-state index in [2.05, 4.69) is 15.3 Å². The predicted molar refractivity (Wildman–Crippen MR) is 58.4 cm³/mol. The number of amides is 2.